The molecule has 1 aromatic heterocycles. The van der Waals surface area contributed by atoms with Gasteiger partial charge in [0.25, 0.3) is 0 Å². The lowest BCUT2D eigenvalue weighted by Gasteiger charge is -2.47. The van der Waals surface area contributed by atoms with E-state index in [-0.39, 0.29) is 31.3 Å². The zero-order chi connectivity index (χ0) is 22.3. The minimum Gasteiger partial charge on any atom is -0.390 e. The molecule has 1 aliphatic carbocycles. The molecule has 29 heavy (non-hydrogen) atoms. The molecule has 1 fully saturated rings. The van der Waals surface area contributed by atoms with E-state index in [4.69, 9.17) is 4.43 Å². The smallest absolute Gasteiger partial charge is 0.390 e. The molecule has 1 aromatic rings. The Kier molecular flexibility index (Phi) is 7.57. The highest BCUT2D eigenvalue weighted by Gasteiger charge is 2.49. The fourth-order valence-corrected chi connectivity index (χ4v) is 5.71. The molecule has 2 atom stereocenters. The van der Waals surface area contributed by atoms with E-state index in [9.17, 15) is 23.4 Å². The number of nitrogens with zero attached hydrogens (tertiary/aromatic N) is 2. The van der Waals surface area contributed by atoms with Crippen molar-refractivity contribution in [3.8, 4) is 0 Å². The first kappa shape index (κ1) is 25.1. The Bertz CT molecular complexity index is 700. The second-order valence-corrected chi connectivity index (χ2v) is 15.4. The quantitative estimate of drug-likeness (QED) is 0.273. The van der Waals surface area contributed by atoms with Crippen LogP contribution in [0.5, 0.6) is 0 Å². The Labute approximate surface area is 185 Å². The molecule has 168 valence electrons. The van der Waals surface area contributed by atoms with Gasteiger partial charge in [-0.25, -0.2) is 0 Å². The van der Waals surface area contributed by atoms with Crippen LogP contribution in [0.2, 0.25) is 18.1 Å². The van der Waals surface area contributed by atoms with E-state index in [2.05, 4.69) is 25.9 Å². The van der Waals surface area contributed by atoms with Crippen LogP contribution in [0, 0.1) is 9.49 Å². The van der Waals surface area contributed by atoms with Crippen LogP contribution in [-0.4, -0.2) is 34.1 Å². The van der Waals surface area contributed by atoms with Crippen LogP contribution in [0.3, 0.4) is 0 Å². The van der Waals surface area contributed by atoms with Crippen molar-refractivity contribution in [3.63, 3.8) is 0 Å². The summed E-state index contributed by atoms with van der Waals surface area (Å²) in [7, 11) is -2.40. The lowest BCUT2D eigenvalue weighted by Crippen LogP contribution is -2.54. The second-order valence-electron chi connectivity index (χ2n) is 9.54. The molecule has 0 spiro atoms. The summed E-state index contributed by atoms with van der Waals surface area (Å²) in [5.41, 5.74) is -0.0870. The van der Waals surface area contributed by atoms with Crippen LogP contribution in [0.4, 0.5) is 13.2 Å². The largest absolute Gasteiger partial charge is 0.504 e. The summed E-state index contributed by atoms with van der Waals surface area (Å²) in [5.74, 6) is -1.77. The second kappa shape index (κ2) is 8.76. The van der Waals surface area contributed by atoms with Gasteiger partial charge in [-0.3, -0.25) is 0 Å². The van der Waals surface area contributed by atoms with Crippen LogP contribution < -0.4 is 0 Å². The first-order valence-corrected chi connectivity index (χ1v) is 14.0. The highest BCUT2D eigenvalue weighted by Crippen LogP contribution is 2.46. The van der Waals surface area contributed by atoms with E-state index in [1.54, 1.807) is 22.6 Å². The Hall–Kier alpha value is -0.173. The van der Waals surface area contributed by atoms with Crippen molar-refractivity contribution >= 4 is 30.9 Å². The number of rotatable bonds is 6. The summed E-state index contributed by atoms with van der Waals surface area (Å²) < 4.78 is 45.4. The Balaban J connectivity index is 2.33. The van der Waals surface area contributed by atoms with Crippen molar-refractivity contribution in [3.05, 3.63) is 15.5 Å². The molecule has 5 nitrogen and oxygen atoms in total. The lowest BCUT2D eigenvalue weighted by atomic mass is 9.81. The van der Waals surface area contributed by atoms with Gasteiger partial charge in [-0.15, -0.1) is 13.2 Å². The topological polar surface area (TPSA) is 67.5 Å². The zero-order valence-electron chi connectivity index (χ0n) is 17.7. The molecule has 10 heteroatoms. The average molecular weight is 548 g/mol. The SMILES string of the molecule is CC(C)(C)[Si](C)(C)OC(O)(CC(O)c1nn(C(F)(F)F)cc1I)C1CCCCC1. The highest BCUT2D eigenvalue weighted by molar-refractivity contribution is 14.1. The highest BCUT2D eigenvalue weighted by atomic mass is 127. The standard InChI is InChI=1S/C19H32F3IN2O3Si/c1-17(2,3)29(4,5)28-18(27,13-9-7-6-8-10-13)11-15(26)16-14(23)12-25(24-16)19(20,21)22/h12-13,15,26-27H,6-11H2,1-5H3. The van der Waals surface area contributed by atoms with Crippen molar-refractivity contribution in [2.45, 2.75) is 95.6 Å². The number of aliphatic hydroxyl groups is 2. The summed E-state index contributed by atoms with van der Waals surface area (Å²) >= 11 is 1.73. The zero-order valence-corrected chi connectivity index (χ0v) is 20.8. The third-order valence-corrected chi connectivity index (χ3v) is 11.5. The minimum atomic E-state index is -4.66. The Morgan fingerprint density at radius 2 is 1.79 bits per heavy atom. The molecule has 1 heterocycles. The van der Waals surface area contributed by atoms with Gasteiger partial charge in [-0.05, 0) is 53.6 Å². The summed E-state index contributed by atoms with van der Waals surface area (Å²) in [5, 5.41) is 25.8. The van der Waals surface area contributed by atoms with Crippen LogP contribution in [0.25, 0.3) is 0 Å². The maximum atomic E-state index is 13.0. The summed E-state index contributed by atoms with van der Waals surface area (Å²) in [4.78, 5) is 0. The van der Waals surface area contributed by atoms with Gasteiger partial charge in [0.2, 0.25) is 0 Å². The molecule has 1 aliphatic rings. The fourth-order valence-electron chi connectivity index (χ4n) is 3.54. The van der Waals surface area contributed by atoms with Gasteiger partial charge in [0.1, 0.15) is 11.8 Å². The molecular formula is C19H32F3IN2O3Si. The molecular weight excluding hydrogens is 516 g/mol. The molecule has 0 radical (unpaired) electrons. The lowest BCUT2D eigenvalue weighted by molar-refractivity contribution is -0.215. The van der Waals surface area contributed by atoms with E-state index in [0.717, 1.165) is 38.3 Å². The van der Waals surface area contributed by atoms with Gasteiger partial charge in [-0.1, -0.05) is 40.0 Å². The van der Waals surface area contributed by atoms with Crippen LogP contribution >= 0.6 is 22.6 Å². The third kappa shape index (κ3) is 5.96. The van der Waals surface area contributed by atoms with Crippen LogP contribution in [0.1, 0.15) is 71.1 Å². The molecule has 0 amide bonds. The van der Waals surface area contributed by atoms with Crippen molar-refractivity contribution in [2.24, 2.45) is 5.92 Å². The summed E-state index contributed by atoms with van der Waals surface area (Å²) in [6.07, 6.45) is -0.824. The first-order valence-electron chi connectivity index (χ1n) is 10.00. The van der Waals surface area contributed by atoms with Crippen molar-refractivity contribution in [1.82, 2.24) is 9.78 Å². The monoisotopic (exact) mass is 548 g/mol. The minimum absolute atomic E-state index is 0.0870. The van der Waals surface area contributed by atoms with Crippen LogP contribution in [0.15, 0.2) is 6.20 Å². The van der Waals surface area contributed by atoms with Gasteiger partial charge in [0.05, 0.1) is 3.57 Å². The number of alkyl halides is 3. The van der Waals surface area contributed by atoms with E-state index in [0.29, 0.717) is 0 Å². The molecule has 1 saturated carbocycles. The number of aromatic nitrogens is 2. The molecule has 2 rings (SSSR count). The maximum Gasteiger partial charge on any atom is 0.504 e. The molecule has 0 aliphatic heterocycles. The Morgan fingerprint density at radius 1 is 1.24 bits per heavy atom. The van der Waals surface area contributed by atoms with E-state index < -0.39 is 26.5 Å². The van der Waals surface area contributed by atoms with Crippen molar-refractivity contribution < 1.29 is 27.8 Å². The predicted molar refractivity (Wildman–Crippen MR) is 116 cm³/mol. The molecule has 0 bridgehead atoms. The number of aliphatic hydroxyl groups excluding tert-OH is 1. The predicted octanol–water partition coefficient (Wildman–Crippen LogP) is 5.68. The van der Waals surface area contributed by atoms with Gasteiger partial charge in [0.15, 0.2) is 14.1 Å². The van der Waals surface area contributed by atoms with Crippen molar-refractivity contribution in [1.29, 1.82) is 0 Å². The van der Waals surface area contributed by atoms with Gasteiger partial charge < -0.3 is 14.6 Å². The first-order chi connectivity index (χ1) is 13.1. The molecule has 0 aromatic carbocycles. The summed E-state index contributed by atoms with van der Waals surface area (Å²) in [6.45, 7) is 10.2. The summed E-state index contributed by atoms with van der Waals surface area (Å²) in [6, 6.07) is 0. The van der Waals surface area contributed by atoms with E-state index >= 15 is 0 Å². The Morgan fingerprint density at radius 3 is 2.24 bits per heavy atom. The third-order valence-electron chi connectivity index (χ3n) is 6.24. The molecule has 2 unspecified atom stereocenters. The molecule has 2 N–H and O–H groups in total. The average Bonchev–Trinajstić information content (AvgIpc) is 2.96. The van der Waals surface area contributed by atoms with E-state index in [1.165, 1.54) is 0 Å². The number of hydrogen-bond acceptors (Lipinski definition) is 4. The van der Waals surface area contributed by atoms with Gasteiger partial charge in [0, 0.05) is 18.5 Å². The number of halogens is 4. The van der Waals surface area contributed by atoms with Crippen molar-refractivity contribution in [2.75, 3.05) is 0 Å². The maximum absolute atomic E-state index is 13.0. The van der Waals surface area contributed by atoms with Gasteiger partial charge >= 0.3 is 6.30 Å². The fraction of sp³-hybridized carbons (Fsp3) is 0.842. The van der Waals surface area contributed by atoms with Gasteiger partial charge in [-0.2, -0.15) is 9.78 Å². The number of hydrogen-bond donors (Lipinski definition) is 2. The van der Waals surface area contributed by atoms with E-state index in [1.807, 2.05) is 13.1 Å². The van der Waals surface area contributed by atoms with Crippen LogP contribution in [-0.2, 0) is 10.7 Å². The normalized spacial score (nSPS) is 20.5. The molecule has 0 saturated heterocycles.